The highest BCUT2D eigenvalue weighted by Crippen LogP contribution is 2.16. The number of aromatic nitrogens is 3. The topological polar surface area (TPSA) is 72.3 Å². The standard InChI is InChI=1S/C18H25N5O2/c1-15-2-4-16(5-3-15)17(12-22-8-10-25-11-9-22)21-18(24)6-7-23-14-19-13-20-23/h2-5,13-14,17H,6-12H2,1H3,(H,21,24). The Kier molecular flexibility index (Phi) is 6.14. The zero-order chi connectivity index (χ0) is 17.5. The van der Waals surface area contributed by atoms with Gasteiger partial charge >= 0.3 is 0 Å². The van der Waals surface area contributed by atoms with Gasteiger partial charge in [-0.1, -0.05) is 29.8 Å². The average molecular weight is 343 g/mol. The van der Waals surface area contributed by atoms with Gasteiger partial charge in [-0.25, -0.2) is 4.98 Å². The zero-order valence-corrected chi connectivity index (χ0v) is 14.6. The van der Waals surface area contributed by atoms with Gasteiger partial charge in [-0.3, -0.25) is 14.4 Å². The van der Waals surface area contributed by atoms with Crippen molar-refractivity contribution in [2.45, 2.75) is 25.9 Å². The second-order valence-corrected chi connectivity index (χ2v) is 6.35. The summed E-state index contributed by atoms with van der Waals surface area (Å²) in [5.41, 5.74) is 2.34. The van der Waals surface area contributed by atoms with Crippen molar-refractivity contribution < 1.29 is 9.53 Å². The van der Waals surface area contributed by atoms with Crippen LogP contribution in [0, 0.1) is 6.92 Å². The van der Waals surface area contributed by atoms with E-state index in [9.17, 15) is 4.79 Å². The molecule has 1 unspecified atom stereocenters. The van der Waals surface area contributed by atoms with E-state index < -0.39 is 0 Å². The average Bonchev–Trinajstić information content (AvgIpc) is 3.15. The third kappa shape index (κ3) is 5.37. The molecule has 1 aliphatic rings. The minimum Gasteiger partial charge on any atom is -0.379 e. The minimum absolute atomic E-state index is 0.0225. The van der Waals surface area contributed by atoms with Gasteiger partial charge in [0.1, 0.15) is 12.7 Å². The molecule has 0 bridgehead atoms. The van der Waals surface area contributed by atoms with Crippen molar-refractivity contribution >= 4 is 5.91 Å². The van der Waals surface area contributed by atoms with E-state index in [4.69, 9.17) is 4.74 Å². The maximum atomic E-state index is 12.4. The predicted octanol–water partition coefficient (Wildman–Crippen LogP) is 1.17. The molecule has 2 heterocycles. The molecule has 1 fully saturated rings. The molecule has 7 nitrogen and oxygen atoms in total. The summed E-state index contributed by atoms with van der Waals surface area (Å²) in [5.74, 6) is 0.0225. The number of ether oxygens (including phenoxy) is 1. The van der Waals surface area contributed by atoms with Crippen LogP contribution in [0.1, 0.15) is 23.6 Å². The molecule has 1 aliphatic heterocycles. The zero-order valence-electron chi connectivity index (χ0n) is 14.6. The number of nitrogens with one attached hydrogen (secondary N) is 1. The van der Waals surface area contributed by atoms with E-state index in [1.807, 2.05) is 0 Å². The first-order valence-electron chi connectivity index (χ1n) is 8.69. The Morgan fingerprint density at radius 3 is 2.72 bits per heavy atom. The number of nitrogens with zero attached hydrogens (tertiary/aromatic N) is 4. The molecule has 0 saturated carbocycles. The Morgan fingerprint density at radius 2 is 2.04 bits per heavy atom. The SMILES string of the molecule is Cc1ccc(C(CN2CCOCC2)NC(=O)CCn2cncn2)cc1. The van der Waals surface area contributed by atoms with Gasteiger partial charge in [0.25, 0.3) is 0 Å². The van der Waals surface area contributed by atoms with Crippen LogP contribution in [0.3, 0.4) is 0 Å². The fourth-order valence-corrected chi connectivity index (χ4v) is 2.91. The number of morpholine rings is 1. The molecule has 134 valence electrons. The van der Waals surface area contributed by atoms with Gasteiger partial charge in [0.2, 0.25) is 5.91 Å². The van der Waals surface area contributed by atoms with Crippen LogP contribution in [-0.2, 0) is 16.1 Å². The molecular formula is C18H25N5O2. The number of benzene rings is 1. The Balaban J connectivity index is 1.62. The van der Waals surface area contributed by atoms with Crippen LogP contribution in [0.2, 0.25) is 0 Å². The molecule has 0 aliphatic carbocycles. The van der Waals surface area contributed by atoms with Crippen LogP contribution in [0.25, 0.3) is 0 Å². The number of carbonyl (C=O) groups is 1. The summed E-state index contributed by atoms with van der Waals surface area (Å²) in [6.45, 7) is 6.69. The highest BCUT2D eigenvalue weighted by atomic mass is 16.5. The summed E-state index contributed by atoms with van der Waals surface area (Å²) in [6.07, 6.45) is 3.48. The van der Waals surface area contributed by atoms with Crippen LogP contribution < -0.4 is 5.32 Å². The normalized spacial score (nSPS) is 16.5. The molecule has 0 spiro atoms. The van der Waals surface area contributed by atoms with Gasteiger partial charge in [0.05, 0.1) is 25.8 Å². The third-order valence-corrected chi connectivity index (χ3v) is 4.39. The van der Waals surface area contributed by atoms with E-state index in [-0.39, 0.29) is 11.9 Å². The van der Waals surface area contributed by atoms with Crippen LogP contribution >= 0.6 is 0 Å². The summed E-state index contributed by atoms with van der Waals surface area (Å²) in [4.78, 5) is 18.6. The molecule has 7 heteroatoms. The highest BCUT2D eigenvalue weighted by Gasteiger charge is 2.20. The summed E-state index contributed by atoms with van der Waals surface area (Å²) in [7, 11) is 0. The molecule has 1 aromatic carbocycles. The molecule has 1 amide bonds. The van der Waals surface area contributed by atoms with E-state index in [0.29, 0.717) is 13.0 Å². The van der Waals surface area contributed by atoms with E-state index in [1.54, 1.807) is 11.0 Å². The molecule has 3 rings (SSSR count). The van der Waals surface area contributed by atoms with Crippen molar-refractivity contribution in [3.63, 3.8) is 0 Å². The second-order valence-electron chi connectivity index (χ2n) is 6.35. The number of rotatable bonds is 7. The second kappa shape index (κ2) is 8.73. The largest absolute Gasteiger partial charge is 0.379 e. The number of aryl methyl sites for hydroxylation is 2. The van der Waals surface area contributed by atoms with Crippen molar-refractivity contribution in [2.24, 2.45) is 0 Å². The fraction of sp³-hybridized carbons (Fsp3) is 0.500. The maximum absolute atomic E-state index is 12.4. The molecule has 1 saturated heterocycles. The van der Waals surface area contributed by atoms with Crippen LogP contribution in [0.5, 0.6) is 0 Å². The van der Waals surface area contributed by atoms with E-state index >= 15 is 0 Å². The van der Waals surface area contributed by atoms with Gasteiger partial charge in [0.15, 0.2) is 0 Å². The summed E-state index contributed by atoms with van der Waals surface area (Å²) in [5, 5.41) is 7.21. The van der Waals surface area contributed by atoms with Gasteiger partial charge in [-0.05, 0) is 12.5 Å². The predicted molar refractivity (Wildman–Crippen MR) is 94.0 cm³/mol. The smallest absolute Gasteiger partial charge is 0.222 e. The van der Waals surface area contributed by atoms with E-state index in [1.165, 1.54) is 11.9 Å². The Hall–Kier alpha value is -2.25. The molecule has 1 aromatic heterocycles. The lowest BCUT2D eigenvalue weighted by Crippen LogP contribution is -2.43. The van der Waals surface area contributed by atoms with Crippen molar-refractivity contribution in [3.05, 3.63) is 48.0 Å². The van der Waals surface area contributed by atoms with Gasteiger partial charge in [-0.2, -0.15) is 5.10 Å². The van der Waals surface area contributed by atoms with Crippen LogP contribution in [-0.4, -0.2) is 58.4 Å². The quantitative estimate of drug-likeness (QED) is 0.817. The van der Waals surface area contributed by atoms with Crippen molar-refractivity contribution in [2.75, 3.05) is 32.8 Å². The number of hydrogen-bond acceptors (Lipinski definition) is 5. The molecule has 25 heavy (non-hydrogen) atoms. The minimum atomic E-state index is -0.0260. The molecule has 2 aromatic rings. The Bertz CT molecular complexity index is 651. The molecule has 1 N–H and O–H groups in total. The number of carbonyl (C=O) groups excluding carboxylic acids is 1. The first-order valence-corrected chi connectivity index (χ1v) is 8.69. The molecule has 0 radical (unpaired) electrons. The number of amides is 1. The molecule has 1 atom stereocenters. The monoisotopic (exact) mass is 343 g/mol. The lowest BCUT2D eigenvalue weighted by molar-refractivity contribution is -0.122. The first-order chi connectivity index (χ1) is 12.2. The van der Waals surface area contributed by atoms with E-state index in [0.717, 1.165) is 38.4 Å². The Morgan fingerprint density at radius 1 is 1.28 bits per heavy atom. The lowest BCUT2D eigenvalue weighted by atomic mass is 10.0. The first kappa shape index (κ1) is 17.6. The lowest BCUT2D eigenvalue weighted by Gasteiger charge is -2.31. The van der Waals surface area contributed by atoms with Crippen molar-refractivity contribution in [1.29, 1.82) is 0 Å². The van der Waals surface area contributed by atoms with Crippen LogP contribution in [0.15, 0.2) is 36.9 Å². The fourth-order valence-electron chi connectivity index (χ4n) is 2.91. The van der Waals surface area contributed by atoms with Crippen molar-refractivity contribution in [1.82, 2.24) is 25.0 Å². The Labute approximate surface area is 148 Å². The highest BCUT2D eigenvalue weighted by molar-refractivity contribution is 5.76. The van der Waals surface area contributed by atoms with E-state index in [2.05, 4.69) is 51.5 Å². The van der Waals surface area contributed by atoms with Gasteiger partial charge in [0, 0.05) is 26.1 Å². The maximum Gasteiger partial charge on any atom is 0.222 e. The molecular weight excluding hydrogens is 318 g/mol. The number of hydrogen-bond donors (Lipinski definition) is 1. The van der Waals surface area contributed by atoms with Crippen LogP contribution in [0.4, 0.5) is 0 Å². The summed E-state index contributed by atoms with van der Waals surface area (Å²) < 4.78 is 7.09. The summed E-state index contributed by atoms with van der Waals surface area (Å²) >= 11 is 0. The summed E-state index contributed by atoms with van der Waals surface area (Å²) in [6, 6.07) is 8.34. The van der Waals surface area contributed by atoms with Gasteiger partial charge < -0.3 is 10.1 Å². The third-order valence-electron chi connectivity index (χ3n) is 4.39. The van der Waals surface area contributed by atoms with Gasteiger partial charge in [-0.15, -0.1) is 0 Å². The van der Waals surface area contributed by atoms with Crippen molar-refractivity contribution in [3.8, 4) is 0 Å².